The average Bonchev–Trinajstić information content (AvgIpc) is 2.52. The highest BCUT2D eigenvalue weighted by molar-refractivity contribution is 9.10. The number of hydrogen-bond donors (Lipinski definition) is 1. The second kappa shape index (κ2) is 6.59. The van der Waals surface area contributed by atoms with Crippen LogP contribution in [-0.2, 0) is 6.54 Å². The van der Waals surface area contributed by atoms with Gasteiger partial charge in [0.15, 0.2) is 0 Å². The Hall–Kier alpha value is -0.380. The van der Waals surface area contributed by atoms with Crippen LogP contribution >= 0.6 is 15.9 Å². The third kappa shape index (κ3) is 4.31. The highest BCUT2D eigenvalue weighted by Crippen LogP contribution is 2.24. The summed E-state index contributed by atoms with van der Waals surface area (Å²) < 4.78 is 1.17. The van der Waals surface area contributed by atoms with Crippen LogP contribution in [0.5, 0.6) is 0 Å². The molecule has 0 amide bonds. The molecule has 1 fully saturated rings. The fourth-order valence-electron chi connectivity index (χ4n) is 2.80. The van der Waals surface area contributed by atoms with Gasteiger partial charge in [0.25, 0.3) is 0 Å². The first kappa shape index (κ1) is 16.0. The second-order valence-corrected chi connectivity index (χ2v) is 7.99. The molecule has 20 heavy (non-hydrogen) atoms. The summed E-state index contributed by atoms with van der Waals surface area (Å²) in [7, 11) is 0. The van der Waals surface area contributed by atoms with E-state index in [0.29, 0.717) is 17.5 Å². The molecule has 0 saturated carbocycles. The first-order valence-corrected chi connectivity index (χ1v) is 8.37. The summed E-state index contributed by atoms with van der Waals surface area (Å²) in [5.74, 6) is 0. The summed E-state index contributed by atoms with van der Waals surface area (Å²) in [5.41, 5.74) is 1.69. The van der Waals surface area contributed by atoms with E-state index in [0.717, 1.165) is 19.6 Å². The van der Waals surface area contributed by atoms with Crippen molar-refractivity contribution in [1.29, 1.82) is 0 Å². The van der Waals surface area contributed by atoms with E-state index in [-0.39, 0.29) is 0 Å². The summed E-state index contributed by atoms with van der Waals surface area (Å²) in [5, 5.41) is 3.73. The molecule has 1 aliphatic rings. The molecule has 0 bridgehead atoms. The molecule has 112 valence electrons. The van der Waals surface area contributed by atoms with Crippen LogP contribution in [0.15, 0.2) is 28.7 Å². The predicted octanol–water partition coefficient (Wildman–Crippen LogP) is 4.05. The lowest BCUT2D eigenvalue weighted by molar-refractivity contribution is 0.157. The lowest BCUT2D eigenvalue weighted by Crippen LogP contribution is -2.47. The Morgan fingerprint density at radius 2 is 2.10 bits per heavy atom. The molecule has 1 aromatic rings. The summed E-state index contributed by atoms with van der Waals surface area (Å²) in [6, 6.07) is 9.86. The van der Waals surface area contributed by atoms with Crippen molar-refractivity contribution in [2.45, 2.75) is 52.7 Å². The first-order chi connectivity index (χ1) is 9.36. The average molecular weight is 339 g/mol. The van der Waals surface area contributed by atoms with Gasteiger partial charge in [-0.15, -0.1) is 0 Å². The van der Waals surface area contributed by atoms with E-state index >= 15 is 0 Å². The summed E-state index contributed by atoms with van der Waals surface area (Å²) in [6.45, 7) is 12.6. The van der Waals surface area contributed by atoms with Gasteiger partial charge in [-0.3, -0.25) is 4.90 Å². The molecule has 2 nitrogen and oxygen atoms in total. The molecule has 2 atom stereocenters. The normalized spacial score (nSPS) is 25.4. The number of nitrogens with zero attached hydrogens (tertiary/aromatic N) is 1. The number of benzene rings is 1. The maximum absolute atomic E-state index is 3.73. The van der Waals surface area contributed by atoms with Crippen LogP contribution in [0.2, 0.25) is 0 Å². The van der Waals surface area contributed by atoms with Crippen LogP contribution in [0.25, 0.3) is 0 Å². The maximum Gasteiger partial charge on any atom is 0.0243 e. The van der Waals surface area contributed by atoms with Gasteiger partial charge in [0.2, 0.25) is 0 Å². The number of rotatable bonds is 2. The van der Waals surface area contributed by atoms with Crippen molar-refractivity contribution in [2.75, 3.05) is 13.1 Å². The second-order valence-electron chi connectivity index (χ2n) is 7.07. The topological polar surface area (TPSA) is 15.3 Å². The molecular formula is C17H27BrN2. The first-order valence-electron chi connectivity index (χ1n) is 7.58. The van der Waals surface area contributed by atoms with E-state index in [4.69, 9.17) is 0 Å². The summed E-state index contributed by atoms with van der Waals surface area (Å²) in [4.78, 5) is 2.62. The molecule has 1 heterocycles. The zero-order valence-electron chi connectivity index (χ0n) is 13.1. The Kier molecular flexibility index (Phi) is 5.27. The molecule has 2 rings (SSSR count). The number of hydrogen-bond acceptors (Lipinski definition) is 2. The van der Waals surface area contributed by atoms with E-state index in [2.05, 4.69) is 78.1 Å². The lowest BCUT2D eigenvalue weighted by Gasteiger charge is -2.35. The van der Waals surface area contributed by atoms with Crippen molar-refractivity contribution in [1.82, 2.24) is 10.2 Å². The minimum atomic E-state index is 0.305. The molecule has 0 radical (unpaired) electrons. The highest BCUT2D eigenvalue weighted by Gasteiger charge is 2.30. The fourth-order valence-corrected chi connectivity index (χ4v) is 3.24. The maximum atomic E-state index is 3.73. The molecule has 1 N–H and O–H groups in total. The van der Waals surface area contributed by atoms with Crippen LogP contribution in [0, 0.1) is 5.41 Å². The van der Waals surface area contributed by atoms with Crippen molar-refractivity contribution in [3.63, 3.8) is 0 Å². The van der Waals surface area contributed by atoms with E-state index < -0.39 is 0 Å². The van der Waals surface area contributed by atoms with Gasteiger partial charge in [-0.25, -0.2) is 0 Å². The molecule has 0 aromatic heterocycles. The molecule has 1 aromatic carbocycles. The Morgan fingerprint density at radius 3 is 2.75 bits per heavy atom. The van der Waals surface area contributed by atoms with Gasteiger partial charge in [-0.2, -0.15) is 0 Å². The minimum Gasteiger partial charge on any atom is -0.312 e. The van der Waals surface area contributed by atoms with Crippen molar-refractivity contribution in [3.8, 4) is 0 Å². The smallest absolute Gasteiger partial charge is 0.0243 e. The zero-order chi connectivity index (χ0) is 14.8. The standard InChI is InChI=1S/C17H27BrN2/c1-13-8-9-19-16(17(2,3)4)12-20(13)11-14-6-5-7-15(18)10-14/h5-7,10,13,16,19H,8-9,11-12H2,1-4H3. The van der Waals surface area contributed by atoms with Crippen LogP contribution in [0.4, 0.5) is 0 Å². The van der Waals surface area contributed by atoms with Gasteiger partial charge in [0, 0.05) is 29.6 Å². The van der Waals surface area contributed by atoms with Crippen LogP contribution < -0.4 is 5.32 Å². The third-order valence-corrected chi connectivity index (χ3v) is 4.81. The molecule has 0 spiro atoms. The Labute approximate surface area is 132 Å². The zero-order valence-corrected chi connectivity index (χ0v) is 14.7. The summed E-state index contributed by atoms with van der Waals surface area (Å²) >= 11 is 3.57. The van der Waals surface area contributed by atoms with E-state index in [1.807, 2.05) is 0 Å². The predicted molar refractivity (Wildman–Crippen MR) is 89.9 cm³/mol. The van der Waals surface area contributed by atoms with Gasteiger partial charge in [0.05, 0.1) is 0 Å². The SMILES string of the molecule is CC1CCNC(C(C)(C)C)CN1Cc1cccc(Br)c1. The van der Waals surface area contributed by atoms with Crippen molar-refractivity contribution in [3.05, 3.63) is 34.3 Å². The highest BCUT2D eigenvalue weighted by atomic mass is 79.9. The molecule has 3 heteroatoms. The van der Waals surface area contributed by atoms with Gasteiger partial charge in [-0.05, 0) is 43.0 Å². The Bertz CT molecular complexity index is 439. The molecule has 1 aliphatic heterocycles. The molecule has 1 saturated heterocycles. The van der Waals surface area contributed by atoms with E-state index in [1.54, 1.807) is 0 Å². The van der Waals surface area contributed by atoms with Gasteiger partial charge in [-0.1, -0.05) is 48.8 Å². The van der Waals surface area contributed by atoms with E-state index in [1.165, 1.54) is 16.5 Å². The number of nitrogens with one attached hydrogen (secondary N) is 1. The lowest BCUT2D eigenvalue weighted by atomic mass is 9.86. The number of halogens is 1. The Morgan fingerprint density at radius 1 is 1.35 bits per heavy atom. The third-order valence-electron chi connectivity index (χ3n) is 4.31. The van der Waals surface area contributed by atoms with Crippen molar-refractivity contribution >= 4 is 15.9 Å². The van der Waals surface area contributed by atoms with Gasteiger partial charge < -0.3 is 5.32 Å². The van der Waals surface area contributed by atoms with E-state index in [9.17, 15) is 0 Å². The van der Waals surface area contributed by atoms with Crippen LogP contribution in [0.3, 0.4) is 0 Å². The van der Waals surface area contributed by atoms with Crippen LogP contribution in [0.1, 0.15) is 39.7 Å². The van der Waals surface area contributed by atoms with Crippen LogP contribution in [-0.4, -0.2) is 30.1 Å². The van der Waals surface area contributed by atoms with Crippen molar-refractivity contribution < 1.29 is 0 Å². The fraction of sp³-hybridized carbons (Fsp3) is 0.647. The summed E-state index contributed by atoms with van der Waals surface area (Å²) in [6.07, 6.45) is 1.22. The minimum absolute atomic E-state index is 0.305. The van der Waals surface area contributed by atoms with Gasteiger partial charge in [0.1, 0.15) is 0 Å². The van der Waals surface area contributed by atoms with Gasteiger partial charge >= 0.3 is 0 Å². The quantitative estimate of drug-likeness (QED) is 0.875. The monoisotopic (exact) mass is 338 g/mol. The molecular weight excluding hydrogens is 312 g/mol. The van der Waals surface area contributed by atoms with Crippen molar-refractivity contribution in [2.24, 2.45) is 5.41 Å². The molecule has 2 unspecified atom stereocenters. The largest absolute Gasteiger partial charge is 0.312 e. The molecule has 0 aliphatic carbocycles. The Balaban J connectivity index is 2.11.